The van der Waals surface area contributed by atoms with Crippen LogP contribution in [0.2, 0.25) is 15.1 Å². The van der Waals surface area contributed by atoms with Crippen LogP contribution in [-0.4, -0.2) is 18.5 Å². The Balaban J connectivity index is 1.87. The molecule has 0 spiro atoms. The molecule has 0 aromatic heterocycles. The van der Waals surface area contributed by atoms with Crippen molar-refractivity contribution in [2.45, 2.75) is 6.92 Å². The second-order valence-electron chi connectivity index (χ2n) is 5.14. The molecule has 4 nitrogen and oxygen atoms in total. The van der Waals surface area contributed by atoms with E-state index in [2.05, 4.69) is 5.32 Å². The van der Waals surface area contributed by atoms with Crippen molar-refractivity contribution in [3.8, 4) is 0 Å². The number of hydrogen-bond acceptors (Lipinski definition) is 3. The molecule has 0 heterocycles. The number of halogens is 3. The second-order valence-corrected chi connectivity index (χ2v) is 6.40. The third kappa shape index (κ3) is 6.09. The number of nitrogens with one attached hydrogen (secondary N) is 1. The third-order valence-electron chi connectivity index (χ3n) is 3.11. The van der Waals surface area contributed by atoms with Gasteiger partial charge in [0.25, 0.3) is 5.91 Å². The summed E-state index contributed by atoms with van der Waals surface area (Å²) in [6.45, 7) is 1.51. The van der Waals surface area contributed by atoms with Crippen LogP contribution in [0.5, 0.6) is 0 Å². The van der Waals surface area contributed by atoms with Gasteiger partial charge in [-0.05, 0) is 30.7 Å². The summed E-state index contributed by atoms with van der Waals surface area (Å²) in [7, 11) is 0. The van der Waals surface area contributed by atoms with E-state index in [1.54, 1.807) is 6.08 Å². The summed E-state index contributed by atoms with van der Waals surface area (Å²) >= 11 is 17.7. The Morgan fingerprint density at radius 2 is 1.68 bits per heavy atom. The Morgan fingerprint density at radius 3 is 2.28 bits per heavy atom. The minimum Gasteiger partial charge on any atom is -0.452 e. The Hall–Kier alpha value is -2.01. The van der Waals surface area contributed by atoms with Crippen molar-refractivity contribution in [3.05, 3.63) is 68.7 Å². The number of anilines is 1. The summed E-state index contributed by atoms with van der Waals surface area (Å²) in [6.07, 6.45) is 2.85. The molecule has 0 aliphatic carbocycles. The molecule has 0 fully saturated rings. The smallest absolute Gasteiger partial charge is 0.331 e. The van der Waals surface area contributed by atoms with Gasteiger partial charge in [0.15, 0.2) is 6.61 Å². The zero-order valence-electron chi connectivity index (χ0n) is 13.2. The highest BCUT2D eigenvalue weighted by Crippen LogP contribution is 2.33. The number of benzene rings is 2. The predicted molar refractivity (Wildman–Crippen MR) is 101 cm³/mol. The standard InChI is InChI=1S/C18H14Cl3NO3/c1-11-2-4-12(5-3-11)6-7-17(24)25-10-16(23)22-18-14(20)8-13(19)9-15(18)21/h2-9H,10H2,1H3,(H,22,23)/b7-6+. The number of esters is 1. The predicted octanol–water partition coefficient (Wildman–Crippen LogP) is 5.15. The lowest BCUT2D eigenvalue weighted by molar-refractivity contribution is -0.142. The molecule has 1 N–H and O–H groups in total. The van der Waals surface area contributed by atoms with Gasteiger partial charge in [-0.3, -0.25) is 4.79 Å². The number of carbonyl (C=O) groups is 2. The van der Waals surface area contributed by atoms with Crippen LogP contribution in [0.25, 0.3) is 6.08 Å². The first-order valence-corrected chi connectivity index (χ1v) is 8.34. The fourth-order valence-corrected chi connectivity index (χ4v) is 2.78. The lowest BCUT2D eigenvalue weighted by Crippen LogP contribution is -2.20. The van der Waals surface area contributed by atoms with Gasteiger partial charge in [-0.25, -0.2) is 4.79 Å². The molecule has 0 unspecified atom stereocenters. The van der Waals surface area contributed by atoms with E-state index in [1.165, 1.54) is 18.2 Å². The van der Waals surface area contributed by atoms with Crippen molar-refractivity contribution < 1.29 is 14.3 Å². The highest BCUT2D eigenvalue weighted by molar-refractivity contribution is 6.42. The van der Waals surface area contributed by atoms with Gasteiger partial charge < -0.3 is 10.1 Å². The molecule has 0 bridgehead atoms. The van der Waals surface area contributed by atoms with Gasteiger partial charge >= 0.3 is 5.97 Å². The minimum atomic E-state index is -0.635. The van der Waals surface area contributed by atoms with Crippen LogP contribution >= 0.6 is 34.8 Å². The molecule has 2 rings (SSSR count). The van der Waals surface area contributed by atoms with Crippen LogP contribution in [0, 0.1) is 6.92 Å². The highest BCUT2D eigenvalue weighted by Gasteiger charge is 2.12. The Labute approximate surface area is 160 Å². The maximum atomic E-state index is 11.9. The topological polar surface area (TPSA) is 55.4 Å². The lowest BCUT2D eigenvalue weighted by atomic mass is 10.1. The molecular weight excluding hydrogens is 385 g/mol. The van der Waals surface area contributed by atoms with Gasteiger partial charge in [-0.1, -0.05) is 64.6 Å². The van der Waals surface area contributed by atoms with Crippen molar-refractivity contribution in [3.63, 3.8) is 0 Å². The summed E-state index contributed by atoms with van der Waals surface area (Å²) in [5.41, 5.74) is 2.19. The molecule has 2 aromatic rings. The first-order valence-electron chi connectivity index (χ1n) is 7.21. The number of aryl methyl sites for hydroxylation is 1. The normalized spacial score (nSPS) is 10.7. The molecule has 2 aromatic carbocycles. The molecule has 0 atom stereocenters. The van der Waals surface area contributed by atoms with Crippen LogP contribution in [0.4, 0.5) is 5.69 Å². The zero-order valence-corrected chi connectivity index (χ0v) is 15.5. The SMILES string of the molecule is Cc1ccc(/C=C/C(=O)OCC(=O)Nc2c(Cl)cc(Cl)cc2Cl)cc1. The van der Waals surface area contributed by atoms with Gasteiger partial charge in [0.2, 0.25) is 0 Å². The number of amides is 1. The monoisotopic (exact) mass is 397 g/mol. The fourth-order valence-electron chi connectivity index (χ4n) is 1.86. The molecule has 0 aliphatic rings. The van der Waals surface area contributed by atoms with Crippen LogP contribution < -0.4 is 5.32 Å². The molecule has 25 heavy (non-hydrogen) atoms. The number of carbonyl (C=O) groups excluding carboxylic acids is 2. The van der Waals surface area contributed by atoms with Gasteiger partial charge in [0, 0.05) is 11.1 Å². The van der Waals surface area contributed by atoms with Gasteiger partial charge in [-0.2, -0.15) is 0 Å². The number of ether oxygens (including phenoxy) is 1. The first kappa shape index (κ1) is 19.3. The molecule has 0 saturated heterocycles. The van der Waals surface area contributed by atoms with Crippen molar-refractivity contribution in [2.24, 2.45) is 0 Å². The van der Waals surface area contributed by atoms with Crippen LogP contribution in [0.1, 0.15) is 11.1 Å². The third-order valence-corrected chi connectivity index (χ3v) is 3.92. The van der Waals surface area contributed by atoms with Crippen molar-refractivity contribution in [1.82, 2.24) is 0 Å². The maximum absolute atomic E-state index is 11.9. The quantitative estimate of drug-likeness (QED) is 0.560. The Bertz CT molecular complexity index is 794. The van der Waals surface area contributed by atoms with E-state index in [0.717, 1.165) is 11.1 Å². The molecule has 7 heteroatoms. The summed E-state index contributed by atoms with van der Waals surface area (Å²) < 4.78 is 4.87. The number of rotatable bonds is 5. The van der Waals surface area contributed by atoms with E-state index in [-0.39, 0.29) is 15.7 Å². The second kappa shape index (κ2) is 8.90. The van der Waals surface area contributed by atoms with E-state index in [1.807, 2.05) is 31.2 Å². The molecule has 0 radical (unpaired) electrons. The minimum absolute atomic E-state index is 0.191. The fraction of sp³-hybridized carbons (Fsp3) is 0.111. The average molecular weight is 399 g/mol. The average Bonchev–Trinajstić information content (AvgIpc) is 2.55. The lowest BCUT2D eigenvalue weighted by Gasteiger charge is -2.09. The van der Waals surface area contributed by atoms with Gasteiger partial charge in [0.05, 0.1) is 15.7 Å². The summed E-state index contributed by atoms with van der Waals surface area (Å²) in [5, 5.41) is 3.21. The van der Waals surface area contributed by atoms with Crippen molar-refractivity contribution in [2.75, 3.05) is 11.9 Å². The van der Waals surface area contributed by atoms with Crippen LogP contribution in [0.15, 0.2) is 42.5 Å². The summed E-state index contributed by atoms with van der Waals surface area (Å²) in [4.78, 5) is 23.5. The maximum Gasteiger partial charge on any atom is 0.331 e. The molecule has 0 saturated carbocycles. The zero-order chi connectivity index (χ0) is 18.4. The van der Waals surface area contributed by atoms with Crippen molar-refractivity contribution >= 4 is 58.4 Å². The summed E-state index contributed by atoms with van der Waals surface area (Å²) in [5.74, 6) is -1.20. The van der Waals surface area contributed by atoms with Crippen molar-refractivity contribution in [1.29, 1.82) is 0 Å². The van der Waals surface area contributed by atoms with Gasteiger partial charge in [0.1, 0.15) is 0 Å². The van der Waals surface area contributed by atoms with Crippen LogP contribution in [-0.2, 0) is 14.3 Å². The molecular formula is C18H14Cl3NO3. The highest BCUT2D eigenvalue weighted by atomic mass is 35.5. The molecule has 130 valence electrons. The Morgan fingerprint density at radius 1 is 1.08 bits per heavy atom. The molecule has 0 aliphatic heterocycles. The Kier molecular flexibility index (Phi) is 6.88. The van der Waals surface area contributed by atoms with E-state index >= 15 is 0 Å². The molecule has 1 amide bonds. The van der Waals surface area contributed by atoms with E-state index < -0.39 is 18.5 Å². The van der Waals surface area contributed by atoms with E-state index in [0.29, 0.717) is 5.02 Å². The van der Waals surface area contributed by atoms with E-state index in [4.69, 9.17) is 39.5 Å². The largest absolute Gasteiger partial charge is 0.452 e. The summed E-state index contributed by atoms with van der Waals surface area (Å²) in [6, 6.07) is 10.5. The van der Waals surface area contributed by atoms with Gasteiger partial charge in [-0.15, -0.1) is 0 Å². The first-order chi connectivity index (χ1) is 11.8. The number of hydrogen-bond donors (Lipinski definition) is 1. The van der Waals surface area contributed by atoms with E-state index in [9.17, 15) is 9.59 Å². The van der Waals surface area contributed by atoms with Crippen LogP contribution in [0.3, 0.4) is 0 Å².